The van der Waals surface area contributed by atoms with Gasteiger partial charge in [0, 0.05) is 24.8 Å². The Morgan fingerprint density at radius 3 is 2.90 bits per heavy atom. The SMILES string of the molecule is CN1Cc2ccccc2C(F)(c2ccc3cc[nH]c3c2)C1. The normalized spacial score (nSPS) is 22.4. The number of benzene rings is 2. The highest BCUT2D eigenvalue weighted by Gasteiger charge is 2.40. The number of nitrogens with one attached hydrogen (secondary N) is 1. The Balaban J connectivity index is 1.92. The van der Waals surface area contributed by atoms with Crippen LogP contribution in [0.25, 0.3) is 10.9 Å². The van der Waals surface area contributed by atoms with Gasteiger partial charge in [0.2, 0.25) is 0 Å². The second-order valence-electron chi connectivity index (χ2n) is 5.91. The number of aromatic nitrogens is 1. The average Bonchev–Trinajstić information content (AvgIpc) is 2.94. The standard InChI is InChI=1S/C18H17FN2/c1-21-11-14-4-2-3-5-16(14)18(19,12-21)15-7-6-13-8-9-20-17(13)10-15/h2-10,20H,11-12H2,1H3. The Bertz CT molecular complexity index is 808. The maximum atomic E-state index is 15.9. The Morgan fingerprint density at radius 1 is 1.14 bits per heavy atom. The minimum atomic E-state index is -1.46. The lowest BCUT2D eigenvalue weighted by Gasteiger charge is -2.37. The molecule has 4 rings (SSSR count). The predicted octanol–water partition coefficient (Wildman–Crippen LogP) is 3.83. The summed E-state index contributed by atoms with van der Waals surface area (Å²) in [6, 6.07) is 15.7. The van der Waals surface area contributed by atoms with E-state index in [1.54, 1.807) is 0 Å². The smallest absolute Gasteiger partial charge is 0.174 e. The molecule has 2 heterocycles. The van der Waals surface area contributed by atoms with Gasteiger partial charge in [-0.25, -0.2) is 4.39 Å². The molecule has 3 aromatic rings. The summed E-state index contributed by atoms with van der Waals surface area (Å²) in [6.45, 7) is 1.18. The second-order valence-corrected chi connectivity index (χ2v) is 5.91. The Kier molecular flexibility index (Phi) is 2.66. The minimum Gasteiger partial charge on any atom is -0.361 e. The number of aromatic amines is 1. The highest BCUT2D eigenvalue weighted by Crippen LogP contribution is 2.40. The minimum absolute atomic E-state index is 0.385. The summed E-state index contributed by atoms with van der Waals surface area (Å²) in [5.41, 5.74) is 2.11. The van der Waals surface area contributed by atoms with E-state index in [-0.39, 0.29) is 0 Å². The van der Waals surface area contributed by atoms with E-state index in [1.807, 2.05) is 66.7 Å². The van der Waals surface area contributed by atoms with Gasteiger partial charge >= 0.3 is 0 Å². The van der Waals surface area contributed by atoms with Crippen LogP contribution in [-0.2, 0) is 12.2 Å². The van der Waals surface area contributed by atoms with E-state index in [1.165, 1.54) is 0 Å². The zero-order valence-electron chi connectivity index (χ0n) is 11.9. The number of likely N-dealkylation sites (N-methyl/N-ethyl adjacent to an activating group) is 1. The number of hydrogen-bond donors (Lipinski definition) is 1. The lowest BCUT2D eigenvalue weighted by molar-refractivity contribution is 0.121. The quantitative estimate of drug-likeness (QED) is 0.718. The van der Waals surface area contributed by atoms with Crippen molar-refractivity contribution in [2.45, 2.75) is 12.2 Å². The molecule has 1 atom stereocenters. The third-order valence-corrected chi connectivity index (χ3v) is 4.38. The molecule has 2 nitrogen and oxygen atoms in total. The summed E-state index contributed by atoms with van der Waals surface area (Å²) < 4.78 is 15.9. The Morgan fingerprint density at radius 2 is 2.00 bits per heavy atom. The van der Waals surface area contributed by atoms with Crippen LogP contribution in [0.1, 0.15) is 16.7 Å². The van der Waals surface area contributed by atoms with Gasteiger partial charge in [0.15, 0.2) is 5.67 Å². The number of alkyl halides is 1. The molecule has 0 aliphatic carbocycles. The summed E-state index contributed by atoms with van der Waals surface area (Å²) in [5.74, 6) is 0. The van der Waals surface area contributed by atoms with Crippen LogP contribution in [0.4, 0.5) is 4.39 Å². The van der Waals surface area contributed by atoms with Crippen LogP contribution in [-0.4, -0.2) is 23.5 Å². The van der Waals surface area contributed by atoms with Gasteiger partial charge < -0.3 is 4.98 Å². The van der Waals surface area contributed by atoms with Crippen molar-refractivity contribution in [2.24, 2.45) is 0 Å². The molecular weight excluding hydrogens is 263 g/mol. The Hall–Kier alpha value is -2.13. The molecule has 106 valence electrons. The van der Waals surface area contributed by atoms with Gasteiger partial charge in [0.05, 0.1) is 0 Å². The van der Waals surface area contributed by atoms with Crippen LogP contribution in [0.15, 0.2) is 54.7 Å². The van der Waals surface area contributed by atoms with Crippen molar-refractivity contribution in [2.75, 3.05) is 13.6 Å². The third-order valence-electron chi connectivity index (χ3n) is 4.38. The zero-order valence-corrected chi connectivity index (χ0v) is 11.9. The number of fused-ring (bicyclic) bond motifs is 2. The van der Waals surface area contributed by atoms with E-state index in [4.69, 9.17) is 0 Å². The molecule has 2 aromatic carbocycles. The number of halogens is 1. The summed E-state index contributed by atoms with van der Waals surface area (Å²) in [7, 11) is 1.97. The predicted molar refractivity (Wildman–Crippen MR) is 83.0 cm³/mol. The summed E-state index contributed by atoms with van der Waals surface area (Å²) >= 11 is 0. The molecule has 21 heavy (non-hydrogen) atoms. The first-order valence-electron chi connectivity index (χ1n) is 7.20. The van der Waals surface area contributed by atoms with Crippen molar-refractivity contribution in [3.05, 3.63) is 71.4 Å². The number of H-pyrrole nitrogens is 1. The van der Waals surface area contributed by atoms with E-state index >= 15 is 4.39 Å². The fraction of sp³-hybridized carbons (Fsp3) is 0.222. The monoisotopic (exact) mass is 280 g/mol. The van der Waals surface area contributed by atoms with Crippen LogP contribution in [0.5, 0.6) is 0 Å². The maximum Gasteiger partial charge on any atom is 0.174 e. The molecular formula is C18H17FN2. The molecule has 0 spiro atoms. The Labute approximate surface area is 123 Å². The average molecular weight is 280 g/mol. The van der Waals surface area contributed by atoms with Crippen LogP contribution in [0.3, 0.4) is 0 Å². The van der Waals surface area contributed by atoms with E-state index in [0.29, 0.717) is 6.54 Å². The third kappa shape index (κ3) is 1.88. The topological polar surface area (TPSA) is 19.0 Å². The summed E-state index contributed by atoms with van der Waals surface area (Å²) in [4.78, 5) is 5.21. The van der Waals surface area contributed by atoms with E-state index in [9.17, 15) is 0 Å². The van der Waals surface area contributed by atoms with Crippen molar-refractivity contribution >= 4 is 10.9 Å². The van der Waals surface area contributed by atoms with Gasteiger partial charge in [0.1, 0.15) is 0 Å². The molecule has 0 radical (unpaired) electrons. The van der Waals surface area contributed by atoms with Gasteiger partial charge in [-0.1, -0.05) is 36.4 Å². The van der Waals surface area contributed by atoms with E-state index < -0.39 is 5.67 Å². The molecule has 0 amide bonds. The summed E-state index contributed by atoms with van der Waals surface area (Å²) in [6.07, 6.45) is 1.89. The molecule has 3 heteroatoms. The van der Waals surface area contributed by atoms with Gasteiger partial charge in [-0.3, -0.25) is 4.90 Å². The highest BCUT2D eigenvalue weighted by atomic mass is 19.1. The fourth-order valence-electron chi connectivity index (χ4n) is 3.39. The lowest BCUT2D eigenvalue weighted by Crippen LogP contribution is -2.41. The first-order valence-corrected chi connectivity index (χ1v) is 7.20. The summed E-state index contributed by atoms with van der Waals surface area (Å²) in [5, 5.41) is 1.11. The van der Waals surface area contributed by atoms with Crippen molar-refractivity contribution in [1.29, 1.82) is 0 Å². The van der Waals surface area contributed by atoms with Gasteiger partial charge in [-0.05, 0) is 41.3 Å². The van der Waals surface area contributed by atoms with Crippen molar-refractivity contribution in [3.8, 4) is 0 Å². The first-order chi connectivity index (χ1) is 10.2. The number of hydrogen-bond acceptors (Lipinski definition) is 1. The number of nitrogens with zero attached hydrogens (tertiary/aromatic N) is 1. The molecule has 1 aromatic heterocycles. The lowest BCUT2D eigenvalue weighted by atomic mass is 9.82. The first kappa shape index (κ1) is 12.6. The van der Waals surface area contributed by atoms with Crippen molar-refractivity contribution in [3.63, 3.8) is 0 Å². The highest BCUT2D eigenvalue weighted by molar-refractivity contribution is 5.80. The van der Waals surface area contributed by atoms with Crippen LogP contribution in [0, 0.1) is 0 Å². The fourth-order valence-corrected chi connectivity index (χ4v) is 3.39. The number of rotatable bonds is 1. The van der Waals surface area contributed by atoms with Gasteiger partial charge in [-0.2, -0.15) is 0 Å². The van der Waals surface area contributed by atoms with E-state index in [2.05, 4.69) is 4.98 Å². The molecule has 1 unspecified atom stereocenters. The van der Waals surface area contributed by atoms with Crippen molar-refractivity contribution in [1.82, 2.24) is 9.88 Å². The van der Waals surface area contributed by atoms with Crippen LogP contribution in [0.2, 0.25) is 0 Å². The zero-order chi connectivity index (χ0) is 14.4. The molecule has 1 aliphatic heterocycles. The maximum absolute atomic E-state index is 15.9. The van der Waals surface area contributed by atoms with Gasteiger partial charge in [0.25, 0.3) is 0 Å². The second kappa shape index (κ2) is 4.43. The largest absolute Gasteiger partial charge is 0.361 e. The van der Waals surface area contributed by atoms with Crippen molar-refractivity contribution < 1.29 is 4.39 Å². The van der Waals surface area contributed by atoms with Gasteiger partial charge in [-0.15, -0.1) is 0 Å². The molecule has 0 saturated heterocycles. The van der Waals surface area contributed by atoms with E-state index in [0.717, 1.165) is 34.1 Å². The molecule has 0 fully saturated rings. The molecule has 0 bridgehead atoms. The molecule has 1 N–H and O–H groups in total. The molecule has 0 saturated carbocycles. The van der Waals surface area contributed by atoms with Crippen LogP contribution < -0.4 is 0 Å². The van der Waals surface area contributed by atoms with Crippen LogP contribution >= 0.6 is 0 Å². The molecule has 1 aliphatic rings.